The molecule has 0 aliphatic rings. The first kappa shape index (κ1) is 42.7. The van der Waals surface area contributed by atoms with Crippen molar-refractivity contribution in [1.82, 2.24) is 0 Å². The lowest BCUT2D eigenvalue weighted by Gasteiger charge is -2.20. The number of unbranched alkanes of at least 4 members (excludes halogenated alkanes) is 16. The summed E-state index contributed by atoms with van der Waals surface area (Å²) in [4.78, 5) is 34.6. The van der Waals surface area contributed by atoms with Gasteiger partial charge in [0.1, 0.15) is 12.7 Å². The molecule has 0 amide bonds. The summed E-state index contributed by atoms with van der Waals surface area (Å²) in [5.74, 6) is -0.938. The second-order valence-electron chi connectivity index (χ2n) is 11.5. The largest absolute Gasteiger partial charge is 0.472 e. The lowest BCUT2D eigenvalue weighted by atomic mass is 10.1. The number of esters is 2. The van der Waals surface area contributed by atoms with Crippen molar-refractivity contribution in [3.8, 4) is 0 Å². The van der Waals surface area contributed by atoms with Crippen LogP contribution < -0.4 is 0 Å². The van der Waals surface area contributed by atoms with Crippen LogP contribution in [0.25, 0.3) is 0 Å². The number of allylic oxidation sites excluding steroid dienone is 2. The molecule has 3 N–H and O–H groups in total. The van der Waals surface area contributed by atoms with Gasteiger partial charge in [-0.25, -0.2) is 4.57 Å². The van der Waals surface area contributed by atoms with E-state index in [1.807, 2.05) is 0 Å². The predicted molar refractivity (Wildman–Crippen MR) is 173 cm³/mol. The van der Waals surface area contributed by atoms with Crippen molar-refractivity contribution >= 4 is 19.8 Å². The Balaban J connectivity index is 4.44. The summed E-state index contributed by atoms with van der Waals surface area (Å²) in [7, 11) is -4.60. The van der Waals surface area contributed by atoms with Gasteiger partial charge in [-0.2, -0.15) is 0 Å². The zero-order valence-corrected chi connectivity index (χ0v) is 28.5. The van der Waals surface area contributed by atoms with Crippen molar-refractivity contribution in [3.05, 3.63) is 12.2 Å². The van der Waals surface area contributed by atoms with E-state index in [9.17, 15) is 24.2 Å². The molecule has 0 aliphatic heterocycles. The van der Waals surface area contributed by atoms with E-state index in [0.29, 0.717) is 12.8 Å². The smallest absolute Gasteiger partial charge is 0.462 e. The Labute approximate surface area is 266 Å². The van der Waals surface area contributed by atoms with Crippen molar-refractivity contribution in [1.29, 1.82) is 0 Å². The third kappa shape index (κ3) is 29.4. The fraction of sp³-hybridized carbons (Fsp3) is 0.879. The number of aliphatic hydroxyl groups is 2. The van der Waals surface area contributed by atoms with Gasteiger partial charge in [-0.05, 0) is 38.5 Å². The van der Waals surface area contributed by atoms with Gasteiger partial charge in [0.05, 0.1) is 19.8 Å². The van der Waals surface area contributed by atoms with Gasteiger partial charge < -0.3 is 24.6 Å². The van der Waals surface area contributed by atoms with Gasteiger partial charge in [-0.3, -0.25) is 18.6 Å². The van der Waals surface area contributed by atoms with E-state index in [1.165, 1.54) is 51.4 Å². The maximum Gasteiger partial charge on any atom is 0.472 e. The minimum absolute atomic E-state index is 0.177. The molecule has 0 radical (unpaired) electrons. The maximum absolute atomic E-state index is 12.5. The Morgan fingerprint density at radius 1 is 0.659 bits per heavy atom. The van der Waals surface area contributed by atoms with Crippen LogP contribution in [0.15, 0.2) is 12.2 Å². The van der Waals surface area contributed by atoms with Crippen LogP contribution in [0.1, 0.15) is 149 Å². The van der Waals surface area contributed by atoms with Crippen molar-refractivity contribution in [2.75, 3.05) is 26.4 Å². The number of hydrogen-bond acceptors (Lipinski definition) is 9. The molecule has 0 aliphatic carbocycles. The van der Waals surface area contributed by atoms with E-state index in [2.05, 4.69) is 30.5 Å². The SMILES string of the molecule is CCCCC/C=C\CCCCCCCC(=O)OC(COC(=O)CCCCCCCCCCC)COP(=O)(O)OCC(O)CO. The van der Waals surface area contributed by atoms with Crippen LogP contribution in [0.3, 0.4) is 0 Å². The molecule has 0 fully saturated rings. The highest BCUT2D eigenvalue weighted by Gasteiger charge is 2.27. The molecule has 0 saturated heterocycles. The summed E-state index contributed by atoms with van der Waals surface area (Å²) in [6.45, 7) is 2.29. The van der Waals surface area contributed by atoms with E-state index < -0.39 is 51.8 Å². The number of carbonyl (C=O) groups excluding carboxylic acids is 2. The Morgan fingerprint density at radius 2 is 1.11 bits per heavy atom. The molecule has 0 heterocycles. The van der Waals surface area contributed by atoms with Crippen LogP contribution in [-0.2, 0) is 32.7 Å². The number of carbonyl (C=O) groups is 2. The Morgan fingerprint density at radius 3 is 1.68 bits per heavy atom. The summed E-state index contributed by atoms with van der Waals surface area (Å²) >= 11 is 0. The first-order chi connectivity index (χ1) is 21.2. The fourth-order valence-corrected chi connectivity index (χ4v) is 5.25. The topological polar surface area (TPSA) is 149 Å². The Kier molecular flexibility index (Phi) is 29.5. The van der Waals surface area contributed by atoms with E-state index in [-0.39, 0.29) is 19.4 Å². The zero-order valence-electron chi connectivity index (χ0n) is 27.6. The van der Waals surface area contributed by atoms with Crippen molar-refractivity contribution in [2.24, 2.45) is 0 Å². The summed E-state index contributed by atoms with van der Waals surface area (Å²) in [6.07, 6.45) is 23.4. The van der Waals surface area contributed by atoms with Gasteiger partial charge in [0.2, 0.25) is 0 Å². The van der Waals surface area contributed by atoms with Gasteiger partial charge in [-0.15, -0.1) is 0 Å². The minimum Gasteiger partial charge on any atom is -0.462 e. The first-order valence-corrected chi connectivity index (χ1v) is 18.6. The molecule has 44 heavy (non-hydrogen) atoms. The number of phosphoric acid groups is 1. The molecule has 0 aromatic heterocycles. The second-order valence-corrected chi connectivity index (χ2v) is 13.0. The minimum atomic E-state index is -4.60. The molecule has 0 saturated carbocycles. The highest BCUT2D eigenvalue weighted by atomic mass is 31.2. The normalized spacial score (nSPS) is 14.4. The van der Waals surface area contributed by atoms with Crippen LogP contribution in [0, 0.1) is 0 Å². The third-order valence-electron chi connectivity index (χ3n) is 7.17. The molecular formula is C33H63O10P. The van der Waals surface area contributed by atoms with Gasteiger partial charge in [-0.1, -0.05) is 109 Å². The average Bonchev–Trinajstić information content (AvgIpc) is 3.00. The number of rotatable bonds is 32. The van der Waals surface area contributed by atoms with Gasteiger partial charge >= 0.3 is 19.8 Å². The van der Waals surface area contributed by atoms with E-state index in [0.717, 1.165) is 57.8 Å². The van der Waals surface area contributed by atoms with Gasteiger partial charge in [0.25, 0.3) is 0 Å². The first-order valence-electron chi connectivity index (χ1n) is 17.1. The number of ether oxygens (including phenoxy) is 2. The second kappa shape index (κ2) is 30.4. The quantitative estimate of drug-likeness (QED) is 0.0286. The molecule has 11 heteroatoms. The fourth-order valence-electron chi connectivity index (χ4n) is 4.46. The molecular weight excluding hydrogens is 587 g/mol. The summed E-state index contributed by atoms with van der Waals surface area (Å²) in [6, 6.07) is 0. The van der Waals surface area contributed by atoms with Crippen LogP contribution in [-0.4, -0.2) is 65.7 Å². The molecule has 10 nitrogen and oxygen atoms in total. The summed E-state index contributed by atoms with van der Waals surface area (Å²) in [5, 5.41) is 18.2. The molecule has 0 aromatic carbocycles. The Hall–Kier alpha value is -1.29. The van der Waals surface area contributed by atoms with Crippen LogP contribution in [0.4, 0.5) is 0 Å². The number of aliphatic hydroxyl groups excluding tert-OH is 2. The van der Waals surface area contributed by atoms with Crippen molar-refractivity contribution < 1.29 is 47.8 Å². The molecule has 260 valence electrons. The van der Waals surface area contributed by atoms with Gasteiger partial charge in [0, 0.05) is 12.8 Å². The molecule has 0 rings (SSSR count). The lowest BCUT2D eigenvalue weighted by molar-refractivity contribution is -0.161. The van der Waals surface area contributed by atoms with Gasteiger partial charge in [0.15, 0.2) is 6.10 Å². The summed E-state index contributed by atoms with van der Waals surface area (Å²) in [5.41, 5.74) is 0. The van der Waals surface area contributed by atoms with E-state index in [4.69, 9.17) is 19.1 Å². The van der Waals surface area contributed by atoms with Crippen molar-refractivity contribution in [3.63, 3.8) is 0 Å². The molecule has 0 bridgehead atoms. The monoisotopic (exact) mass is 650 g/mol. The molecule has 3 atom stereocenters. The standard InChI is InChI=1S/C33H63O10P/c1-3-5-7-9-11-13-14-15-17-19-21-23-25-33(37)43-31(29-42-44(38,39)41-27-30(35)26-34)28-40-32(36)24-22-20-18-16-12-10-8-6-4-2/h11,13,30-31,34-35H,3-10,12,14-29H2,1-2H3,(H,38,39)/b13-11-. The van der Waals surface area contributed by atoms with E-state index >= 15 is 0 Å². The average molecular weight is 651 g/mol. The molecule has 0 aromatic rings. The van der Waals surface area contributed by atoms with Crippen LogP contribution >= 0.6 is 7.82 Å². The molecule has 0 spiro atoms. The van der Waals surface area contributed by atoms with Crippen molar-refractivity contribution in [2.45, 2.75) is 161 Å². The van der Waals surface area contributed by atoms with Crippen LogP contribution in [0.2, 0.25) is 0 Å². The number of hydrogen-bond donors (Lipinski definition) is 3. The Bertz CT molecular complexity index is 761. The lowest BCUT2D eigenvalue weighted by Crippen LogP contribution is -2.29. The predicted octanol–water partition coefficient (Wildman–Crippen LogP) is 7.72. The summed E-state index contributed by atoms with van der Waals surface area (Å²) < 4.78 is 32.4. The highest BCUT2D eigenvalue weighted by molar-refractivity contribution is 7.47. The van der Waals surface area contributed by atoms with Crippen LogP contribution in [0.5, 0.6) is 0 Å². The third-order valence-corrected chi connectivity index (χ3v) is 8.12. The highest BCUT2D eigenvalue weighted by Crippen LogP contribution is 2.43. The van der Waals surface area contributed by atoms with E-state index in [1.54, 1.807) is 0 Å². The number of phosphoric ester groups is 1. The maximum atomic E-state index is 12.5. The zero-order chi connectivity index (χ0) is 32.7. The molecule has 3 unspecified atom stereocenters.